The number of benzene rings is 6. The largest absolute Gasteiger partial charge is 0.507 e. The SMILES string of the molecule is [2H]C(C)(C)c1cc(-c2nc3c(-c4[c-]c(-c5cc(-c6ccc(C)cc6)ccn5)cc(C(C)(C)C)c4)cccc3n2-c2ccc(-c3c(C([2H])(C)C)cccc3C([2H])(C)C)cc2)c(O)c(C([2H])(C)C)c1.[Pt]. The Labute approximate surface area is 401 Å². The van der Waals surface area contributed by atoms with Gasteiger partial charge in [-0.05, 0) is 111 Å². The molecule has 0 atom stereocenters. The zero-order chi connectivity index (χ0) is 48.6. The summed E-state index contributed by atoms with van der Waals surface area (Å²) in [6, 6.07) is 44.6. The number of aryl methyl sites for hydroxylation is 1. The molecule has 6 aromatic carbocycles. The van der Waals surface area contributed by atoms with Crippen molar-refractivity contribution in [1.82, 2.24) is 14.5 Å². The fraction of sp³-hybridized carbons (Fsp3) is 0.288. The molecule has 330 valence electrons. The van der Waals surface area contributed by atoms with E-state index in [1.807, 2.05) is 114 Å². The standard InChI is InChI=1S/C59H62N3O.Pt/c1-35(2)43-32-51(38(7)8)57(63)52(33-43)58-61-56-50(44-29-45(31-46(30-44)59(10,11)12)53-34-42(27-28-60-53)40-21-19-39(9)20-22-40)17-14-18-54(56)62(58)47-25-23-41(24-26-47)55-48(36(3)4)15-13-16-49(55)37(5)6;/h13-28,30-38,63H,1-12H3;/q-1;/i35D,36D,37D,38D;. The molecule has 0 aliphatic heterocycles. The topological polar surface area (TPSA) is 50.9 Å². The average Bonchev–Trinajstić information content (AvgIpc) is 3.64. The molecule has 0 aliphatic rings. The number of phenolic OH excluding ortho intramolecular Hbond substituents is 1. The molecule has 5 heteroatoms. The van der Waals surface area contributed by atoms with E-state index in [4.69, 9.17) is 15.5 Å². The van der Waals surface area contributed by atoms with Gasteiger partial charge in [-0.2, -0.15) is 0 Å². The molecular weight excluding hydrogens is 962 g/mol. The Kier molecular flexibility index (Phi) is 11.9. The van der Waals surface area contributed by atoms with Gasteiger partial charge in [-0.25, -0.2) is 4.98 Å². The fourth-order valence-corrected chi connectivity index (χ4v) is 8.50. The van der Waals surface area contributed by atoms with Gasteiger partial charge in [0, 0.05) is 44.1 Å². The third-order valence-corrected chi connectivity index (χ3v) is 12.2. The van der Waals surface area contributed by atoms with Crippen molar-refractivity contribution >= 4 is 11.0 Å². The number of imidazole rings is 1. The number of hydrogen-bond acceptors (Lipinski definition) is 3. The van der Waals surface area contributed by atoms with E-state index in [1.54, 1.807) is 19.9 Å². The zero-order valence-corrected chi connectivity index (χ0v) is 41.5. The molecule has 2 aromatic heterocycles. The number of phenols is 1. The first kappa shape index (κ1) is 41.2. The van der Waals surface area contributed by atoms with Crippen LogP contribution in [0.1, 0.15) is 139 Å². The first-order chi connectivity index (χ1) is 31.2. The van der Waals surface area contributed by atoms with Crippen LogP contribution in [0.5, 0.6) is 5.75 Å². The minimum atomic E-state index is -1.18. The first-order valence-corrected chi connectivity index (χ1v) is 22.0. The predicted octanol–water partition coefficient (Wildman–Crippen LogP) is 16.4. The molecule has 0 saturated carbocycles. The van der Waals surface area contributed by atoms with Crippen LogP contribution in [-0.2, 0) is 26.5 Å². The molecule has 0 fully saturated rings. The van der Waals surface area contributed by atoms with Crippen molar-refractivity contribution in [3.8, 4) is 67.5 Å². The summed E-state index contributed by atoms with van der Waals surface area (Å²) < 4.78 is 38.5. The predicted molar refractivity (Wildman–Crippen MR) is 266 cm³/mol. The van der Waals surface area contributed by atoms with Gasteiger partial charge in [0.15, 0.2) is 0 Å². The Morgan fingerprint density at radius 3 is 1.84 bits per heavy atom. The van der Waals surface area contributed by atoms with Crippen molar-refractivity contribution in [3.05, 3.63) is 167 Å². The molecule has 8 aromatic rings. The molecule has 0 saturated heterocycles. The Bertz CT molecular complexity index is 3120. The molecule has 0 amide bonds. The van der Waals surface area contributed by atoms with E-state index in [9.17, 15) is 5.11 Å². The number of pyridine rings is 1. The second kappa shape index (κ2) is 18.5. The number of fused-ring (bicyclic) bond motifs is 1. The quantitative estimate of drug-likeness (QED) is 0.139. The number of nitrogens with zero attached hydrogens (tertiary/aromatic N) is 3. The van der Waals surface area contributed by atoms with E-state index < -0.39 is 23.6 Å². The van der Waals surface area contributed by atoms with Crippen molar-refractivity contribution in [2.45, 2.75) is 112 Å². The van der Waals surface area contributed by atoms with Gasteiger partial charge in [-0.1, -0.05) is 172 Å². The van der Waals surface area contributed by atoms with Crippen LogP contribution in [-0.4, -0.2) is 19.6 Å². The third kappa shape index (κ3) is 9.05. The zero-order valence-electron chi connectivity index (χ0n) is 43.2. The second-order valence-corrected chi connectivity index (χ2v) is 18.9. The minimum absolute atomic E-state index is 0. The molecule has 0 spiro atoms. The fourth-order valence-electron chi connectivity index (χ4n) is 8.50. The van der Waals surface area contributed by atoms with E-state index in [0.29, 0.717) is 28.0 Å². The molecule has 0 bridgehead atoms. The maximum absolute atomic E-state index is 12.3. The maximum atomic E-state index is 12.3. The van der Waals surface area contributed by atoms with Crippen LogP contribution in [0.15, 0.2) is 128 Å². The summed E-state index contributed by atoms with van der Waals surface area (Å²) in [6.45, 7) is 23.3. The van der Waals surface area contributed by atoms with Crippen LogP contribution in [0.3, 0.4) is 0 Å². The van der Waals surface area contributed by atoms with Gasteiger partial charge < -0.3 is 5.11 Å². The molecule has 0 radical (unpaired) electrons. The van der Waals surface area contributed by atoms with Crippen molar-refractivity contribution < 1.29 is 31.7 Å². The van der Waals surface area contributed by atoms with Crippen LogP contribution in [0.4, 0.5) is 0 Å². The van der Waals surface area contributed by atoms with Gasteiger partial charge in [-0.15, -0.1) is 29.3 Å². The van der Waals surface area contributed by atoms with Crippen molar-refractivity contribution in [2.24, 2.45) is 0 Å². The van der Waals surface area contributed by atoms with Crippen LogP contribution >= 0.6 is 0 Å². The number of aromatic nitrogens is 3. The normalized spacial score (nSPS) is 13.5. The summed E-state index contributed by atoms with van der Waals surface area (Å²) in [6.07, 6.45) is 1.86. The van der Waals surface area contributed by atoms with Crippen molar-refractivity contribution in [3.63, 3.8) is 0 Å². The van der Waals surface area contributed by atoms with Gasteiger partial charge in [0.05, 0.1) is 16.6 Å². The summed E-state index contributed by atoms with van der Waals surface area (Å²) in [7, 11) is 0. The maximum Gasteiger partial charge on any atom is 0.148 e. The molecule has 0 unspecified atom stereocenters. The van der Waals surface area contributed by atoms with Crippen LogP contribution in [0, 0.1) is 13.0 Å². The van der Waals surface area contributed by atoms with E-state index in [2.05, 4.69) is 86.9 Å². The summed E-state index contributed by atoms with van der Waals surface area (Å²) in [5.41, 5.74) is 14.8. The van der Waals surface area contributed by atoms with E-state index in [-0.39, 0.29) is 32.2 Å². The minimum Gasteiger partial charge on any atom is -0.507 e. The number of aromatic hydroxyl groups is 1. The Morgan fingerprint density at radius 1 is 0.625 bits per heavy atom. The Balaban J connectivity index is 0.00000684. The van der Waals surface area contributed by atoms with Gasteiger partial charge in [0.25, 0.3) is 0 Å². The Morgan fingerprint density at radius 2 is 1.23 bits per heavy atom. The van der Waals surface area contributed by atoms with E-state index in [0.717, 1.165) is 72.5 Å². The van der Waals surface area contributed by atoms with E-state index in [1.165, 1.54) is 5.56 Å². The Hall–Kier alpha value is -5.57. The van der Waals surface area contributed by atoms with Crippen LogP contribution in [0.25, 0.3) is 72.7 Å². The number of rotatable bonds is 10. The molecule has 2 heterocycles. The number of hydrogen-bond donors (Lipinski definition) is 1. The second-order valence-electron chi connectivity index (χ2n) is 18.9. The van der Waals surface area contributed by atoms with Crippen molar-refractivity contribution in [1.29, 1.82) is 0 Å². The molecular formula is C59H62N3OPt-. The summed E-state index contributed by atoms with van der Waals surface area (Å²) in [4.78, 5) is 10.3. The van der Waals surface area contributed by atoms with E-state index >= 15 is 0 Å². The van der Waals surface area contributed by atoms with Crippen LogP contribution in [0.2, 0.25) is 0 Å². The van der Waals surface area contributed by atoms with Crippen LogP contribution < -0.4 is 0 Å². The van der Waals surface area contributed by atoms with Gasteiger partial charge in [0.2, 0.25) is 0 Å². The summed E-state index contributed by atoms with van der Waals surface area (Å²) >= 11 is 0. The molecule has 64 heavy (non-hydrogen) atoms. The smallest absolute Gasteiger partial charge is 0.148 e. The molecule has 1 N–H and O–H groups in total. The van der Waals surface area contributed by atoms with Gasteiger partial charge in [0.1, 0.15) is 11.6 Å². The molecule has 0 aliphatic carbocycles. The number of para-hydroxylation sites is 1. The monoisotopic (exact) mass is 1030 g/mol. The van der Waals surface area contributed by atoms with Gasteiger partial charge in [-0.3, -0.25) is 9.55 Å². The first-order valence-electron chi connectivity index (χ1n) is 24.0. The van der Waals surface area contributed by atoms with Crippen molar-refractivity contribution in [2.75, 3.05) is 0 Å². The summed E-state index contributed by atoms with van der Waals surface area (Å²) in [5.74, 6) is -3.66. The average molecular weight is 1030 g/mol. The van der Waals surface area contributed by atoms with Gasteiger partial charge >= 0.3 is 0 Å². The molecule has 4 nitrogen and oxygen atoms in total. The summed E-state index contributed by atoms with van der Waals surface area (Å²) in [5, 5.41) is 12.3. The third-order valence-electron chi connectivity index (χ3n) is 12.2. The molecule has 8 rings (SSSR count).